The van der Waals surface area contributed by atoms with Crippen molar-refractivity contribution in [3.05, 3.63) is 0 Å². The Morgan fingerprint density at radius 3 is 2.59 bits per heavy atom. The van der Waals surface area contributed by atoms with Gasteiger partial charge in [-0.05, 0) is 38.9 Å². The SMILES string of the molecule is CCSC1CCC(NC(=NC)NCC(C)(C)NS(C)(=O)=O)C1. The van der Waals surface area contributed by atoms with E-state index in [-0.39, 0.29) is 0 Å². The lowest BCUT2D eigenvalue weighted by Gasteiger charge is -2.27. The van der Waals surface area contributed by atoms with E-state index in [2.05, 4.69) is 27.3 Å². The Bertz CT molecular complexity index is 477. The zero-order valence-corrected chi connectivity index (χ0v) is 15.9. The molecule has 3 N–H and O–H groups in total. The number of nitrogens with zero attached hydrogens (tertiary/aromatic N) is 1. The predicted molar refractivity (Wildman–Crippen MR) is 96.1 cm³/mol. The minimum atomic E-state index is -3.23. The van der Waals surface area contributed by atoms with E-state index < -0.39 is 15.6 Å². The third kappa shape index (κ3) is 7.69. The van der Waals surface area contributed by atoms with Crippen molar-refractivity contribution in [3.63, 3.8) is 0 Å². The Morgan fingerprint density at radius 2 is 2.05 bits per heavy atom. The van der Waals surface area contributed by atoms with Crippen LogP contribution in [-0.4, -0.2) is 56.8 Å². The maximum Gasteiger partial charge on any atom is 0.209 e. The summed E-state index contributed by atoms with van der Waals surface area (Å²) in [5.41, 5.74) is -0.568. The molecule has 0 aliphatic heterocycles. The fourth-order valence-electron chi connectivity index (χ4n) is 2.69. The van der Waals surface area contributed by atoms with Crippen LogP contribution in [0.3, 0.4) is 0 Å². The molecule has 1 fully saturated rings. The fraction of sp³-hybridized carbons (Fsp3) is 0.929. The van der Waals surface area contributed by atoms with Crippen LogP contribution in [-0.2, 0) is 10.0 Å². The van der Waals surface area contributed by atoms with Crippen molar-refractivity contribution in [1.82, 2.24) is 15.4 Å². The number of hydrogen-bond acceptors (Lipinski definition) is 4. The normalized spacial score (nSPS) is 23.6. The summed E-state index contributed by atoms with van der Waals surface area (Å²) in [6.45, 7) is 6.36. The van der Waals surface area contributed by atoms with E-state index in [0.717, 1.165) is 29.8 Å². The molecule has 0 saturated heterocycles. The van der Waals surface area contributed by atoms with E-state index >= 15 is 0 Å². The second-order valence-corrected chi connectivity index (χ2v) is 9.74. The summed E-state index contributed by atoms with van der Waals surface area (Å²) in [4.78, 5) is 4.23. The molecule has 0 aromatic heterocycles. The van der Waals surface area contributed by atoms with Crippen LogP contribution in [0, 0.1) is 0 Å². The molecule has 0 radical (unpaired) electrons. The molecule has 0 bridgehead atoms. The Balaban J connectivity index is 2.43. The van der Waals surface area contributed by atoms with Gasteiger partial charge in [0, 0.05) is 30.4 Å². The van der Waals surface area contributed by atoms with Gasteiger partial charge in [-0.2, -0.15) is 11.8 Å². The first-order valence-corrected chi connectivity index (χ1v) is 10.7. The summed E-state index contributed by atoms with van der Waals surface area (Å²) in [7, 11) is -1.49. The molecule has 2 atom stereocenters. The van der Waals surface area contributed by atoms with Crippen LogP contribution in [0.2, 0.25) is 0 Å². The quantitative estimate of drug-likeness (QED) is 0.474. The van der Waals surface area contributed by atoms with E-state index in [1.165, 1.54) is 12.7 Å². The highest BCUT2D eigenvalue weighted by atomic mass is 32.2. The average molecular weight is 351 g/mol. The van der Waals surface area contributed by atoms with Crippen LogP contribution in [0.4, 0.5) is 0 Å². The maximum absolute atomic E-state index is 11.4. The molecule has 0 amide bonds. The van der Waals surface area contributed by atoms with E-state index in [1.807, 2.05) is 25.6 Å². The van der Waals surface area contributed by atoms with Gasteiger partial charge < -0.3 is 10.6 Å². The van der Waals surface area contributed by atoms with E-state index in [9.17, 15) is 8.42 Å². The number of nitrogens with one attached hydrogen (secondary N) is 3. The molecule has 1 saturated carbocycles. The zero-order chi connectivity index (χ0) is 16.8. The van der Waals surface area contributed by atoms with Gasteiger partial charge in [0.05, 0.1) is 6.26 Å². The number of aliphatic imine (C=N–C) groups is 1. The van der Waals surface area contributed by atoms with Gasteiger partial charge in [0.25, 0.3) is 0 Å². The van der Waals surface area contributed by atoms with Crippen LogP contribution >= 0.6 is 11.8 Å². The van der Waals surface area contributed by atoms with Crippen molar-refractivity contribution in [2.24, 2.45) is 4.99 Å². The molecular formula is C14H30N4O2S2. The Morgan fingerprint density at radius 1 is 1.36 bits per heavy atom. The highest BCUT2D eigenvalue weighted by Gasteiger charge is 2.26. The monoisotopic (exact) mass is 350 g/mol. The molecule has 1 aliphatic rings. The first-order chi connectivity index (χ1) is 10.1. The number of rotatable bonds is 7. The first kappa shape index (κ1) is 19.6. The van der Waals surface area contributed by atoms with Crippen molar-refractivity contribution >= 4 is 27.7 Å². The van der Waals surface area contributed by atoms with Crippen LogP contribution in [0.1, 0.15) is 40.0 Å². The molecule has 6 nitrogen and oxygen atoms in total. The Labute approximate surface area is 139 Å². The van der Waals surface area contributed by atoms with Gasteiger partial charge in [-0.1, -0.05) is 6.92 Å². The molecule has 0 spiro atoms. The van der Waals surface area contributed by atoms with Crippen LogP contribution in [0.15, 0.2) is 4.99 Å². The highest BCUT2D eigenvalue weighted by molar-refractivity contribution is 7.99. The molecule has 1 rings (SSSR count). The van der Waals surface area contributed by atoms with E-state index in [0.29, 0.717) is 12.6 Å². The minimum absolute atomic E-state index is 0.446. The molecule has 8 heteroatoms. The summed E-state index contributed by atoms with van der Waals surface area (Å²) >= 11 is 2.02. The molecule has 22 heavy (non-hydrogen) atoms. The molecule has 130 valence electrons. The number of thioether (sulfide) groups is 1. The smallest absolute Gasteiger partial charge is 0.209 e. The molecule has 2 unspecified atom stereocenters. The molecular weight excluding hydrogens is 320 g/mol. The standard InChI is InChI=1S/C14H30N4O2S2/c1-6-21-12-8-7-11(9-12)17-13(15-4)16-10-14(2,3)18-22(5,19)20/h11-12,18H,6-10H2,1-5H3,(H2,15,16,17). The summed E-state index contributed by atoms with van der Waals surface area (Å²) in [5.74, 6) is 1.89. The third-order valence-electron chi connectivity index (χ3n) is 3.51. The second-order valence-electron chi connectivity index (χ2n) is 6.42. The highest BCUT2D eigenvalue weighted by Crippen LogP contribution is 2.29. The van der Waals surface area contributed by atoms with Gasteiger partial charge in [-0.15, -0.1) is 0 Å². The Hall–Kier alpha value is -0.470. The Kier molecular flexibility index (Phi) is 7.48. The molecule has 0 heterocycles. The number of hydrogen-bond donors (Lipinski definition) is 3. The van der Waals surface area contributed by atoms with Gasteiger partial charge in [0.15, 0.2) is 5.96 Å². The first-order valence-electron chi connectivity index (χ1n) is 7.73. The molecule has 1 aliphatic carbocycles. The topological polar surface area (TPSA) is 82.6 Å². The van der Waals surface area contributed by atoms with E-state index in [4.69, 9.17) is 0 Å². The van der Waals surface area contributed by atoms with Crippen molar-refractivity contribution in [3.8, 4) is 0 Å². The summed E-state index contributed by atoms with van der Waals surface area (Å²) in [6, 6.07) is 0.446. The van der Waals surface area contributed by atoms with Crippen LogP contribution in [0.5, 0.6) is 0 Å². The fourth-order valence-corrected chi connectivity index (χ4v) is 4.91. The van der Waals surface area contributed by atoms with Crippen LogP contribution < -0.4 is 15.4 Å². The molecule has 0 aromatic carbocycles. The second kappa shape index (κ2) is 8.40. The third-order valence-corrected chi connectivity index (χ3v) is 5.67. The summed E-state index contributed by atoms with van der Waals surface area (Å²) < 4.78 is 25.3. The van der Waals surface area contributed by atoms with Crippen molar-refractivity contribution in [1.29, 1.82) is 0 Å². The van der Waals surface area contributed by atoms with Crippen LogP contribution in [0.25, 0.3) is 0 Å². The van der Waals surface area contributed by atoms with Crippen molar-refractivity contribution in [2.45, 2.75) is 56.9 Å². The largest absolute Gasteiger partial charge is 0.355 e. The molecule has 0 aromatic rings. The lowest BCUT2D eigenvalue weighted by molar-refractivity contribution is 0.444. The van der Waals surface area contributed by atoms with Gasteiger partial charge in [0.1, 0.15) is 0 Å². The summed E-state index contributed by atoms with van der Waals surface area (Å²) in [5, 5.41) is 7.39. The van der Waals surface area contributed by atoms with Gasteiger partial charge in [0.2, 0.25) is 10.0 Å². The maximum atomic E-state index is 11.4. The summed E-state index contributed by atoms with van der Waals surface area (Å²) in [6.07, 6.45) is 4.73. The average Bonchev–Trinajstić information content (AvgIpc) is 2.79. The number of sulfonamides is 1. The lowest BCUT2D eigenvalue weighted by Crippen LogP contribution is -2.53. The van der Waals surface area contributed by atoms with Gasteiger partial charge in [-0.25, -0.2) is 13.1 Å². The van der Waals surface area contributed by atoms with Crippen molar-refractivity contribution < 1.29 is 8.42 Å². The van der Waals surface area contributed by atoms with E-state index in [1.54, 1.807) is 7.05 Å². The minimum Gasteiger partial charge on any atom is -0.355 e. The zero-order valence-electron chi connectivity index (χ0n) is 14.3. The van der Waals surface area contributed by atoms with Gasteiger partial charge in [-0.3, -0.25) is 4.99 Å². The predicted octanol–water partition coefficient (Wildman–Crippen LogP) is 1.15. The van der Waals surface area contributed by atoms with Gasteiger partial charge >= 0.3 is 0 Å². The number of guanidine groups is 1. The lowest BCUT2D eigenvalue weighted by atomic mass is 10.1. The van der Waals surface area contributed by atoms with Crippen molar-refractivity contribution in [2.75, 3.05) is 25.6 Å².